The van der Waals surface area contributed by atoms with Gasteiger partial charge in [0.1, 0.15) is 0 Å². The number of aryl methyl sites for hydroxylation is 1. The number of hydrogen-bond acceptors (Lipinski definition) is 2. The Kier molecular flexibility index (Phi) is 2.98. The smallest absolute Gasteiger partial charge is 0.0519 e. The number of fused-ring (bicyclic) bond motifs is 3. The molecule has 0 aliphatic carbocycles. The van der Waals surface area contributed by atoms with Crippen LogP contribution in [0.25, 0.3) is 10.9 Å². The molecule has 1 unspecified atom stereocenters. The van der Waals surface area contributed by atoms with Gasteiger partial charge in [-0.05, 0) is 60.0 Å². The topological polar surface area (TPSA) is 8.17 Å². The van der Waals surface area contributed by atoms with E-state index in [1.165, 1.54) is 41.4 Å². The maximum absolute atomic E-state index is 2.66. The molecule has 3 heteroatoms. The van der Waals surface area contributed by atoms with E-state index < -0.39 is 0 Å². The molecular weight excluding hydrogens is 300 g/mol. The Hall–Kier alpha value is -1.58. The molecule has 0 N–H and O–H groups in total. The van der Waals surface area contributed by atoms with E-state index in [1.807, 2.05) is 11.3 Å². The highest BCUT2D eigenvalue weighted by atomic mass is 32.1. The normalized spacial score (nSPS) is 20.9. The maximum Gasteiger partial charge on any atom is 0.0519 e. The zero-order valence-corrected chi connectivity index (χ0v) is 14.6. The molecule has 23 heavy (non-hydrogen) atoms. The Morgan fingerprint density at radius 2 is 2.17 bits per heavy atom. The van der Waals surface area contributed by atoms with E-state index >= 15 is 0 Å². The third-order valence-corrected chi connectivity index (χ3v) is 6.35. The van der Waals surface area contributed by atoms with E-state index in [2.05, 4.69) is 52.4 Å². The van der Waals surface area contributed by atoms with E-state index in [4.69, 9.17) is 0 Å². The predicted molar refractivity (Wildman–Crippen MR) is 97.5 cm³/mol. The van der Waals surface area contributed by atoms with E-state index in [0.29, 0.717) is 5.92 Å². The van der Waals surface area contributed by atoms with Gasteiger partial charge in [-0.3, -0.25) is 0 Å². The van der Waals surface area contributed by atoms with Crippen LogP contribution in [0.5, 0.6) is 0 Å². The Labute approximate surface area is 141 Å². The van der Waals surface area contributed by atoms with Crippen molar-refractivity contribution in [3.05, 3.63) is 56.9 Å². The molecule has 3 aromatic rings. The Morgan fingerprint density at radius 3 is 3.00 bits per heavy atom. The lowest BCUT2D eigenvalue weighted by atomic mass is 9.89. The highest BCUT2D eigenvalue weighted by molar-refractivity contribution is 7.08. The number of rotatable bonds is 1. The van der Waals surface area contributed by atoms with Crippen LogP contribution in [-0.2, 0) is 25.9 Å². The zero-order chi connectivity index (χ0) is 15.6. The quantitative estimate of drug-likeness (QED) is 0.647. The van der Waals surface area contributed by atoms with Gasteiger partial charge in [0.25, 0.3) is 0 Å². The molecule has 0 amide bonds. The maximum atomic E-state index is 2.66. The molecule has 0 fully saturated rings. The van der Waals surface area contributed by atoms with Crippen LogP contribution in [0, 0.1) is 6.92 Å². The molecule has 1 aromatic carbocycles. The molecule has 0 saturated heterocycles. The number of benzene rings is 1. The minimum absolute atomic E-state index is 0.634. The van der Waals surface area contributed by atoms with Crippen molar-refractivity contribution in [2.45, 2.75) is 38.8 Å². The highest BCUT2D eigenvalue weighted by Crippen LogP contribution is 2.40. The lowest BCUT2D eigenvalue weighted by molar-refractivity contribution is 0.308. The summed E-state index contributed by atoms with van der Waals surface area (Å²) in [6.07, 6.45) is 2.38. The molecule has 0 bridgehead atoms. The molecular formula is C20H22N2S. The molecule has 1 atom stereocenters. The van der Waals surface area contributed by atoms with Gasteiger partial charge in [0, 0.05) is 43.1 Å². The Bertz CT molecular complexity index is 888. The van der Waals surface area contributed by atoms with E-state index in [9.17, 15) is 0 Å². The molecule has 118 valence electrons. The molecule has 2 nitrogen and oxygen atoms in total. The van der Waals surface area contributed by atoms with Crippen molar-refractivity contribution in [2.24, 2.45) is 0 Å². The highest BCUT2D eigenvalue weighted by Gasteiger charge is 2.29. The molecule has 5 rings (SSSR count). The standard InChI is InChI=1S/C20H22N2S/c1-13-7-15-9-16(14-4-6-23-12-14)10-22-19-3-5-21(2)11-18(19)17(8-13)20(15)22/h4,6-8,12,16H,3,5,9-11H2,1-2H3. The second-order valence-electron chi connectivity index (χ2n) is 7.30. The SMILES string of the molecule is Cc1cc2c3c(c1)c1c(n3CC(c3ccsc3)C2)CCN(C)C1. The third-order valence-electron chi connectivity index (χ3n) is 5.64. The first-order valence-electron chi connectivity index (χ1n) is 8.55. The minimum Gasteiger partial charge on any atom is -0.343 e. The summed E-state index contributed by atoms with van der Waals surface area (Å²) >= 11 is 1.83. The van der Waals surface area contributed by atoms with Crippen molar-refractivity contribution in [1.82, 2.24) is 9.47 Å². The third kappa shape index (κ3) is 2.03. The van der Waals surface area contributed by atoms with Crippen LogP contribution in [0.15, 0.2) is 29.0 Å². The molecule has 0 saturated carbocycles. The summed E-state index contributed by atoms with van der Waals surface area (Å²) in [4.78, 5) is 2.46. The average Bonchev–Trinajstić information content (AvgIpc) is 3.15. The van der Waals surface area contributed by atoms with Gasteiger partial charge in [-0.1, -0.05) is 11.6 Å². The summed E-state index contributed by atoms with van der Waals surface area (Å²) in [6.45, 7) is 5.69. The first-order chi connectivity index (χ1) is 11.2. The van der Waals surface area contributed by atoms with E-state index in [0.717, 1.165) is 13.1 Å². The van der Waals surface area contributed by atoms with Crippen LogP contribution in [0.3, 0.4) is 0 Å². The van der Waals surface area contributed by atoms with E-state index in [1.54, 1.807) is 16.8 Å². The number of aromatic nitrogens is 1. The second kappa shape index (κ2) is 4.96. The summed E-state index contributed by atoms with van der Waals surface area (Å²) in [5, 5.41) is 6.08. The average molecular weight is 322 g/mol. The summed E-state index contributed by atoms with van der Waals surface area (Å²) in [5.74, 6) is 0.634. The lowest BCUT2D eigenvalue weighted by Gasteiger charge is -2.28. The number of hydrogen-bond donors (Lipinski definition) is 0. The fourth-order valence-electron chi connectivity index (χ4n) is 4.60. The molecule has 2 aliphatic rings. The summed E-state index contributed by atoms with van der Waals surface area (Å²) in [5.41, 5.74) is 9.20. The van der Waals surface area contributed by atoms with Gasteiger partial charge in [-0.25, -0.2) is 0 Å². The van der Waals surface area contributed by atoms with Crippen molar-refractivity contribution in [3.8, 4) is 0 Å². The molecule has 0 spiro atoms. The van der Waals surface area contributed by atoms with Crippen LogP contribution in [0.1, 0.15) is 33.9 Å². The largest absolute Gasteiger partial charge is 0.343 e. The fraction of sp³-hybridized carbons (Fsp3) is 0.400. The Balaban J connectivity index is 1.74. The number of nitrogens with zero attached hydrogens (tertiary/aromatic N) is 2. The van der Waals surface area contributed by atoms with Gasteiger partial charge in [0.15, 0.2) is 0 Å². The van der Waals surface area contributed by atoms with Crippen LogP contribution in [0.4, 0.5) is 0 Å². The molecule has 2 aliphatic heterocycles. The van der Waals surface area contributed by atoms with Crippen molar-refractivity contribution in [3.63, 3.8) is 0 Å². The second-order valence-corrected chi connectivity index (χ2v) is 8.08. The van der Waals surface area contributed by atoms with Crippen LogP contribution in [-0.4, -0.2) is 23.1 Å². The molecule has 4 heterocycles. The van der Waals surface area contributed by atoms with Crippen molar-refractivity contribution in [2.75, 3.05) is 13.6 Å². The monoisotopic (exact) mass is 322 g/mol. The van der Waals surface area contributed by atoms with Gasteiger partial charge in [0.2, 0.25) is 0 Å². The lowest BCUT2D eigenvalue weighted by Crippen LogP contribution is -2.28. The van der Waals surface area contributed by atoms with Crippen LogP contribution in [0.2, 0.25) is 0 Å². The minimum atomic E-state index is 0.634. The van der Waals surface area contributed by atoms with Gasteiger partial charge < -0.3 is 9.47 Å². The van der Waals surface area contributed by atoms with Crippen molar-refractivity contribution < 1.29 is 0 Å². The van der Waals surface area contributed by atoms with Gasteiger partial charge in [0.05, 0.1) is 5.52 Å². The van der Waals surface area contributed by atoms with Crippen molar-refractivity contribution in [1.29, 1.82) is 0 Å². The predicted octanol–water partition coefficient (Wildman–Crippen LogP) is 4.34. The Morgan fingerprint density at radius 1 is 1.26 bits per heavy atom. The van der Waals surface area contributed by atoms with E-state index in [-0.39, 0.29) is 0 Å². The van der Waals surface area contributed by atoms with Gasteiger partial charge in [-0.15, -0.1) is 0 Å². The van der Waals surface area contributed by atoms with Crippen molar-refractivity contribution >= 4 is 22.2 Å². The fourth-order valence-corrected chi connectivity index (χ4v) is 5.34. The summed E-state index contributed by atoms with van der Waals surface area (Å²) in [6, 6.07) is 7.15. The van der Waals surface area contributed by atoms with Gasteiger partial charge in [-0.2, -0.15) is 11.3 Å². The number of thiophene rings is 1. The number of likely N-dealkylation sites (N-methyl/N-ethyl adjacent to an activating group) is 1. The summed E-state index contributed by atoms with van der Waals surface area (Å²) < 4.78 is 2.66. The molecule has 2 aromatic heterocycles. The first kappa shape index (κ1) is 13.8. The van der Waals surface area contributed by atoms with Gasteiger partial charge >= 0.3 is 0 Å². The summed E-state index contributed by atoms with van der Waals surface area (Å²) in [7, 11) is 2.25. The van der Waals surface area contributed by atoms with Crippen LogP contribution < -0.4 is 0 Å². The van der Waals surface area contributed by atoms with Crippen LogP contribution >= 0.6 is 11.3 Å². The first-order valence-corrected chi connectivity index (χ1v) is 9.49. The molecule has 0 radical (unpaired) electrons. The zero-order valence-electron chi connectivity index (χ0n) is 13.8.